The first-order valence-electron chi connectivity index (χ1n) is 10.5. The van der Waals surface area contributed by atoms with E-state index in [-0.39, 0.29) is 5.41 Å². The summed E-state index contributed by atoms with van der Waals surface area (Å²) in [5, 5.41) is 14.2. The van der Waals surface area contributed by atoms with E-state index in [4.69, 9.17) is 15.9 Å². The summed E-state index contributed by atoms with van der Waals surface area (Å²) in [5.41, 5.74) is 10.9. The normalized spacial score (nSPS) is 19.0. The monoisotopic (exact) mass is 400 g/mol. The third kappa shape index (κ3) is 7.20. The number of benzene rings is 1. The number of amides is 1. The van der Waals surface area contributed by atoms with Crippen molar-refractivity contribution in [2.24, 2.45) is 17.1 Å². The van der Waals surface area contributed by atoms with Crippen molar-refractivity contribution in [2.75, 3.05) is 32.1 Å². The molecular formula is C23H36N4O2. The van der Waals surface area contributed by atoms with Crippen molar-refractivity contribution in [1.82, 2.24) is 5.32 Å². The Bertz CT molecular complexity index is 721. The molecule has 0 radical (unpaired) electrons. The lowest BCUT2D eigenvalue weighted by atomic mass is 9.75. The number of carbonyl (C=O) groups excluding carboxylic acids is 1. The Morgan fingerprint density at radius 3 is 2.69 bits per heavy atom. The van der Waals surface area contributed by atoms with Gasteiger partial charge >= 0.3 is 0 Å². The third-order valence-electron chi connectivity index (χ3n) is 5.68. The summed E-state index contributed by atoms with van der Waals surface area (Å²) in [7, 11) is 1.89. The zero-order valence-electron chi connectivity index (χ0n) is 18.0. The molecule has 1 aliphatic carbocycles. The number of allylic oxidation sites excluding steroid dienone is 2. The Labute approximate surface area is 174 Å². The van der Waals surface area contributed by atoms with Crippen molar-refractivity contribution in [3.8, 4) is 0 Å². The van der Waals surface area contributed by atoms with Gasteiger partial charge in [0, 0.05) is 43.8 Å². The fourth-order valence-electron chi connectivity index (χ4n) is 3.79. The molecule has 0 atom stereocenters. The van der Waals surface area contributed by atoms with Crippen LogP contribution in [0, 0.1) is 16.7 Å². The molecule has 1 aromatic rings. The van der Waals surface area contributed by atoms with E-state index >= 15 is 0 Å². The molecular weight excluding hydrogens is 364 g/mol. The second kappa shape index (κ2) is 11.0. The molecule has 1 heterocycles. The van der Waals surface area contributed by atoms with E-state index < -0.39 is 0 Å². The molecule has 1 fully saturated rings. The van der Waals surface area contributed by atoms with E-state index in [9.17, 15) is 4.79 Å². The number of nitrogens with two attached hydrogens (primary N) is 1. The Hall–Kier alpha value is -2.34. The molecule has 2 aliphatic rings. The van der Waals surface area contributed by atoms with Crippen LogP contribution in [0.5, 0.6) is 0 Å². The number of anilines is 1. The number of carbonyl (C=O) groups is 1. The molecule has 1 aliphatic heterocycles. The van der Waals surface area contributed by atoms with Gasteiger partial charge in [0.1, 0.15) is 0 Å². The number of hydrogen-bond acceptors (Lipinski definition) is 5. The summed E-state index contributed by atoms with van der Waals surface area (Å²) in [6, 6.07) is 7.95. The lowest BCUT2D eigenvalue weighted by Crippen LogP contribution is -2.26. The Balaban J connectivity index is 0.000000253. The SMILES string of the molecule is CNc1cccc(C(=N)C2=C(N)CC(C)(C)CC2)c1.O=CNCC1CCOCC1. The van der Waals surface area contributed by atoms with E-state index in [0.29, 0.717) is 11.6 Å². The molecule has 1 aromatic carbocycles. The second-order valence-corrected chi connectivity index (χ2v) is 8.63. The quantitative estimate of drug-likeness (QED) is 0.432. The van der Waals surface area contributed by atoms with Gasteiger partial charge in [0.2, 0.25) is 6.41 Å². The van der Waals surface area contributed by atoms with Crippen LogP contribution in [-0.2, 0) is 9.53 Å². The zero-order valence-corrected chi connectivity index (χ0v) is 18.0. The highest BCUT2D eigenvalue weighted by atomic mass is 16.5. The third-order valence-corrected chi connectivity index (χ3v) is 5.68. The van der Waals surface area contributed by atoms with Gasteiger partial charge in [-0.25, -0.2) is 0 Å². The lowest BCUT2D eigenvalue weighted by Gasteiger charge is -2.31. The summed E-state index contributed by atoms with van der Waals surface area (Å²) < 4.78 is 5.16. The minimum absolute atomic E-state index is 0.265. The van der Waals surface area contributed by atoms with Gasteiger partial charge in [-0.15, -0.1) is 0 Å². The standard InChI is InChI=1S/C16H23N3.C7H13NO2/c1-16(2)8-7-13(14(17)10-16)15(18)11-5-4-6-12(9-11)19-3;9-6-8-5-7-1-3-10-4-2-7/h4-6,9,18-19H,7-8,10,17H2,1-3H3;6-7H,1-5H2,(H,8,9). The van der Waals surface area contributed by atoms with Crippen molar-refractivity contribution >= 4 is 17.8 Å². The van der Waals surface area contributed by atoms with Crippen LogP contribution in [0.15, 0.2) is 35.5 Å². The second-order valence-electron chi connectivity index (χ2n) is 8.63. The van der Waals surface area contributed by atoms with Gasteiger partial charge in [-0.1, -0.05) is 26.0 Å². The molecule has 0 bridgehead atoms. The van der Waals surface area contributed by atoms with Crippen LogP contribution in [0.2, 0.25) is 0 Å². The van der Waals surface area contributed by atoms with Crippen LogP contribution >= 0.6 is 0 Å². The van der Waals surface area contributed by atoms with E-state index in [1.807, 2.05) is 31.3 Å². The average molecular weight is 401 g/mol. The molecule has 6 heteroatoms. The molecule has 0 spiro atoms. The number of hydrogen-bond donors (Lipinski definition) is 4. The minimum atomic E-state index is 0.265. The Morgan fingerprint density at radius 1 is 1.34 bits per heavy atom. The van der Waals surface area contributed by atoms with Crippen molar-refractivity contribution < 1.29 is 9.53 Å². The van der Waals surface area contributed by atoms with Crippen LogP contribution in [0.4, 0.5) is 5.69 Å². The van der Waals surface area contributed by atoms with E-state index in [1.165, 1.54) is 0 Å². The molecule has 5 N–H and O–H groups in total. The van der Waals surface area contributed by atoms with Gasteiger partial charge < -0.3 is 21.1 Å². The van der Waals surface area contributed by atoms with Crippen molar-refractivity contribution in [3.63, 3.8) is 0 Å². The van der Waals surface area contributed by atoms with Gasteiger partial charge in [-0.3, -0.25) is 10.2 Å². The van der Waals surface area contributed by atoms with Gasteiger partial charge in [0.05, 0.1) is 5.71 Å². The smallest absolute Gasteiger partial charge is 0.207 e. The molecule has 0 aromatic heterocycles. The van der Waals surface area contributed by atoms with Gasteiger partial charge in [0.15, 0.2) is 0 Å². The molecule has 160 valence electrons. The highest BCUT2D eigenvalue weighted by molar-refractivity contribution is 6.11. The summed E-state index contributed by atoms with van der Waals surface area (Å²) in [4.78, 5) is 9.91. The summed E-state index contributed by atoms with van der Waals surface area (Å²) >= 11 is 0. The molecule has 0 saturated carbocycles. The van der Waals surface area contributed by atoms with E-state index in [2.05, 4.69) is 24.5 Å². The molecule has 3 rings (SSSR count). The first-order valence-corrected chi connectivity index (χ1v) is 10.5. The van der Waals surface area contributed by atoms with Crippen molar-refractivity contribution in [3.05, 3.63) is 41.1 Å². The maximum atomic E-state index is 9.91. The predicted molar refractivity (Wildman–Crippen MR) is 119 cm³/mol. The zero-order chi connectivity index (χ0) is 21.3. The molecule has 0 unspecified atom stereocenters. The molecule has 29 heavy (non-hydrogen) atoms. The number of nitrogens with one attached hydrogen (secondary N) is 3. The Kier molecular flexibility index (Phi) is 8.70. The van der Waals surface area contributed by atoms with Crippen LogP contribution < -0.4 is 16.4 Å². The molecule has 6 nitrogen and oxygen atoms in total. The summed E-state index contributed by atoms with van der Waals surface area (Å²) in [6.07, 6.45) is 5.81. The highest BCUT2D eigenvalue weighted by Gasteiger charge is 2.27. The van der Waals surface area contributed by atoms with Crippen LogP contribution in [-0.4, -0.2) is 38.9 Å². The van der Waals surface area contributed by atoms with Crippen molar-refractivity contribution in [2.45, 2.75) is 46.0 Å². The minimum Gasteiger partial charge on any atom is -0.402 e. The van der Waals surface area contributed by atoms with Crippen LogP contribution in [0.1, 0.15) is 51.5 Å². The van der Waals surface area contributed by atoms with Gasteiger partial charge in [-0.2, -0.15) is 0 Å². The number of ether oxygens (including phenoxy) is 1. The fraction of sp³-hybridized carbons (Fsp3) is 0.565. The largest absolute Gasteiger partial charge is 0.402 e. The Morgan fingerprint density at radius 2 is 2.07 bits per heavy atom. The van der Waals surface area contributed by atoms with Crippen molar-refractivity contribution in [1.29, 1.82) is 5.41 Å². The van der Waals surface area contributed by atoms with Crippen LogP contribution in [0.3, 0.4) is 0 Å². The average Bonchev–Trinajstić information content (AvgIpc) is 2.72. The lowest BCUT2D eigenvalue weighted by molar-refractivity contribution is -0.109. The molecule has 1 amide bonds. The fourth-order valence-corrected chi connectivity index (χ4v) is 3.79. The predicted octanol–water partition coefficient (Wildman–Crippen LogP) is 3.68. The van der Waals surface area contributed by atoms with Crippen LogP contribution in [0.25, 0.3) is 0 Å². The molecule has 1 saturated heterocycles. The maximum Gasteiger partial charge on any atom is 0.207 e. The van der Waals surface area contributed by atoms with Gasteiger partial charge in [0.25, 0.3) is 0 Å². The number of rotatable bonds is 6. The first-order chi connectivity index (χ1) is 13.9. The first kappa shape index (κ1) is 22.9. The maximum absolute atomic E-state index is 9.91. The van der Waals surface area contributed by atoms with E-state index in [0.717, 1.165) is 80.8 Å². The highest BCUT2D eigenvalue weighted by Crippen LogP contribution is 2.37. The summed E-state index contributed by atoms with van der Waals surface area (Å²) in [6.45, 7) is 6.99. The summed E-state index contributed by atoms with van der Waals surface area (Å²) in [5.74, 6) is 0.638. The van der Waals surface area contributed by atoms with Gasteiger partial charge in [-0.05, 0) is 61.1 Å². The van der Waals surface area contributed by atoms with E-state index in [1.54, 1.807) is 0 Å². The topological polar surface area (TPSA) is 100 Å².